The van der Waals surface area contributed by atoms with Gasteiger partial charge in [-0.25, -0.2) is 0 Å². The number of benzene rings is 1. The number of aromatic amines is 1. The minimum Gasteiger partial charge on any atom is -0.399 e. The smallest absolute Gasteiger partial charge is 0.257 e. The van der Waals surface area contributed by atoms with Crippen LogP contribution in [0.25, 0.3) is 0 Å². The van der Waals surface area contributed by atoms with Crippen LogP contribution >= 0.6 is 0 Å². The molecule has 5 nitrogen and oxygen atoms in total. The van der Waals surface area contributed by atoms with Gasteiger partial charge >= 0.3 is 0 Å². The Morgan fingerprint density at radius 2 is 2.11 bits per heavy atom. The van der Waals surface area contributed by atoms with E-state index in [0.717, 1.165) is 24.1 Å². The molecule has 3 N–H and O–H groups in total. The molecule has 0 radical (unpaired) electrons. The molecule has 5 heteroatoms. The third-order valence-corrected chi connectivity index (χ3v) is 3.33. The Kier molecular flexibility index (Phi) is 2.95. The Morgan fingerprint density at radius 3 is 2.68 bits per heavy atom. The first-order chi connectivity index (χ1) is 9.24. The van der Waals surface area contributed by atoms with E-state index in [2.05, 4.69) is 10.2 Å². The van der Waals surface area contributed by atoms with Gasteiger partial charge in [-0.15, -0.1) is 0 Å². The summed E-state index contributed by atoms with van der Waals surface area (Å²) in [6.07, 6.45) is 5.37. The molecule has 98 valence electrons. The number of H-pyrrole nitrogens is 1. The van der Waals surface area contributed by atoms with Crippen LogP contribution in [0.15, 0.2) is 36.7 Å². The van der Waals surface area contributed by atoms with Crippen molar-refractivity contribution in [2.45, 2.75) is 25.4 Å². The molecule has 0 spiro atoms. The Labute approximate surface area is 111 Å². The predicted octanol–water partition coefficient (Wildman–Crippen LogP) is 1.80. The van der Waals surface area contributed by atoms with Crippen molar-refractivity contribution >= 4 is 11.6 Å². The van der Waals surface area contributed by atoms with Gasteiger partial charge in [0.05, 0.1) is 11.8 Å². The van der Waals surface area contributed by atoms with E-state index in [9.17, 15) is 4.79 Å². The summed E-state index contributed by atoms with van der Waals surface area (Å²) < 4.78 is 0. The Bertz CT molecular complexity index is 558. The van der Waals surface area contributed by atoms with E-state index in [0.29, 0.717) is 18.2 Å². The molecule has 1 aromatic carbocycles. The van der Waals surface area contributed by atoms with Gasteiger partial charge in [0.15, 0.2) is 0 Å². The zero-order valence-corrected chi connectivity index (χ0v) is 10.5. The first kappa shape index (κ1) is 11.8. The molecule has 1 heterocycles. The number of carbonyl (C=O) groups excluding carboxylic acids is 1. The number of anilines is 1. The molecule has 19 heavy (non-hydrogen) atoms. The Balaban J connectivity index is 1.78. The van der Waals surface area contributed by atoms with Crippen molar-refractivity contribution in [2.75, 3.05) is 5.73 Å². The van der Waals surface area contributed by atoms with Gasteiger partial charge in [0.2, 0.25) is 0 Å². The number of hydrogen-bond acceptors (Lipinski definition) is 3. The molecule has 1 amide bonds. The van der Waals surface area contributed by atoms with Crippen molar-refractivity contribution in [3.8, 4) is 0 Å². The van der Waals surface area contributed by atoms with Gasteiger partial charge in [0.1, 0.15) is 0 Å². The molecule has 2 aromatic rings. The summed E-state index contributed by atoms with van der Waals surface area (Å²) in [6, 6.07) is 8.02. The number of carbonyl (C=O) groups is 1. The molecule has 1 aliphatic carbocycles. The van der Waals surface area contributed by atoms with Crippen LogP contribution in [0.5, 0.6) is 0 Å². The summed E-state index contributed by atoms with van der Waals surface area (Å²) in [7, 11) is 0. The van der Waals surface area contributed by atoms with E-state index in [1.165, 1.54) is 0 Å². The van der Waals surface area contributed by atoms with Gasteiger partial charge in [-0.05, 0) is 30.5 Å². The standard InChI is InChI=1S/C14H16N4O/c15-12-3-1-10(2-4-12)9-18(13-5-6-13)14(19)11-7-16-17-8-11/h1-4,7-8,13H,5-6,9,15H2,(H,16,17). The van der Waals surface area contributed by atoms with Crippen LogP contribution in [-0.4, -0.2) is 27.0 Å². The summed E-state index contributed by atoms with van der Waals surface area (Å²) in [5.74, 6) is 0.0353. The average Bonchev–Trinajstić information content (AvgIpc) is 3.11. The van der Waals surface area contributed by atoms with Gasteiger partial charge in [-0.3, -0.25) is 9.89 Å². The number of nitrogen functional groups attached to an aromatic ring is 1. The highest BCUT2D eigenvalue weighted by molar-refractivity contribution is 5.94. The summed E-state index contributed by atoms with van der Waals surface area (Å²) >= 11 is 0. The van der Waals surface area contributed by atoms with Gasteiger partial charge in [-0.1, -0.05) is 12.1 Å². The van der Waals surface area contributed by atoms with Crippen molar-refractivity contribution in [3.05, 3.63) is 47.8 Å². The number of aromatic nitrogens is 2. The van der Waals surface area contributed by atoms with Crippen LogP contribution in [-0.2, 0) is 6.54 Å². The quantitative estimate of drug-likeness (QED) is 0.819. The maximum Gasteiger partial charge on any atom is 0.257 e. The lowest BCUT2D eigenvalue weighted by molar-refractivity contribution is 0.0730. The zero-order chi connectivity index (χ0) is 13.2. The number of nitrogens with one attached hydrogen (secondary N) is 1. The van der Waals surface area contributed by atoms with Crippen LogP contribution in [0.4, 0.5) is 5.69 Å². The first-order valence-electron chi connectivity index (χ1n) is 6.38. The van der Waals surface area contributed by atoms with Crippen molar-refractivity contribution in [1.29, 1.82) is 0 Å². The van der Waals surface area contributed by atoms with Gasteiger partial charge in [0.25, 0.3) is 5.91 Å². The van der Waals surface area contributed by atoms with Crippen LogP contribution in [0, 0.1) is 0 Å². The maximum absolute atomic E-state index is 12.4. The van der Waals surface area contributed by atoms with E-state index in [1.807, 2.05) is 29.2 Å². The lowest BCUT2D eigenvalue weighted by Gasteiger charge is -2.22. The molecule has 0 atom stereocenters. The fourth-order valence-electron chi connectivity index (χ4n) is 2.11. The summed E-state index contributed by atoms with van der Waals surface area (Å²) in [5, 5.41) is 6.52. The zero-order valence-electron chi connectivity index (χ0n) is 10.5. The number of nitrogens with zero attached hydrogens (tertiary/aromatic N) is 2. The van der Waals surface area contributed by atoms with E-state index >= 15 is 0 Å². The molecule has 0 unspecified atom stereocenters. The fourth-order valence-corrected chi connectivity index (χ4v) is 2.11. The normalized spacial score (nSPS) is 14.3. The van der Waals surface area contributed by atoms with Crippen LogP contribution in [0.3, 0.4) is 0 Å². The molecule has 1 aromatic heterocycles. The third-order valence-electron chi connectivity index (χ3n) is 3.33. The van der Waals surface area contributed by atoms with Crippen LogP contribution in [0.2, 0.25) is 0 Å². The molecule has 0 bridgehead atoms. The van der Waals surface area contributed by atoms with E-state index in [1.54, 1.807) is 12.4 Å². The second-order valence-corrected chi connectivity index (χ2v) is 4.89. The highest BCUT2D eigenvalue weighted by Gasteiger charge is 2.33. The molecule has 1 saturated carbocycles. The number of hydrogen-bond donors (Lipinski definition) is 2. The van der Waals surface area contributed by atoms with Crippen molar-refractivity contribution in [3.63, 3.8) is 0 Å². The van der Waals surface area contributed by atoms with Gasteiger partial charge in [-0.2, -0.15) is 5.10 Å². The highest BCUT2D eigenvalue weighted by Crippen LogP contribution is 2.29. The molecular formula is C14H16N4O. The van der Waals surface area contributed by atoms with E-state index in [4.69, 9.17) is 5.73 Å². The largest absolute Gasteiger partial charge is 0.399 e. The predicted molar refractivity (Wildman–Crippen MR) is 72.3 cm³/mol. The van der Waals surface area contributed by atoms with E-state index in [-0.39, 0.29) is 5.91 Å². The summed E-state index contributed by atoms with van der Waals surface area (Å²) in [4.78, 5) is 14.3. The minimum atomic E-state index is 0.0353. The minimum absolute atomic E-state index is 0.0353. The van der Waals surface area contributed by atoms with Gasteiger partial charge < -0.3 is 10.6 Å². The molecular weight excluding hydrogens is 240 g/mol. The average molecular weight is 256 g/mol. The first-order valence-corrected chi connectivity index (χ1v) is 6.38. The lowest BCUT2D eigenvalue weighted by atomic mass is 10.2. The molecule has 0 saturated heterocycles. The van der Waals surface area contributed by atoms with Crippen LogP contribution in [0.1, 0.15) is 28.8 Å². The highest BCUT2D eigenvalue weighted by atomic mass is 16.2. The molecule has 1 aliphatic rings. The third kappa shape index (κ3) is 2.59. The molecule has 3 rings (SSSR count). The second kappa shape index (κ2) is 4.76. The number of nitrogens with two attached hydrogens (primary N) is 1. The SMILES string of the molecule is Nc1ccc(CN(C(=O)c2cn[nH]c2)C2CC2)cc1. The van der Waals surface area contributed by atoms with Gasteiger partial charge in [0, 0.05) is 24.5 Å². The topological polar surface area (TPSA) is 75.0 Å². The number of rotatable bonds is 4. The van der Waals surface area contributed by atoms with E-state index < -0.39 is 0 Å². The maximum atomic E-state index is 12.4. The van der Waals surface area contributed by atoms with Crippen molar-refractivity contribution in [2.24, 2.45) is 0 Å². The summed E-state index contributed by atoms with van der Waals surface area (Å²) in [5.41, 5.74) is 8.12. The van der Waals surface area contributed by atoms with Crippen LogP contribution < -0.4 is 5.73 Å². The molecule has 1 fully saturated rings. The Morgan fingerprint density at radius 1 is 1.37 bits per heavy atom. The summed E-state index contributed by atoms with van der Waals surface area (Å²) in [6.45, 7) is 0.620. The van der Waals surface area contributed by atoms with Crippen molar-refractivity contribution in [1.82, 2.24) is 15.1 Å². The molecule has 0 aliphatic heterocycles. The lowest BCUT2D eigenvalue weighted by Crippen LogP contribution is -2.32. The second-order valence-electron chi connectivity index (χ2n) is 4.89. The monoisotopic (exact) mass is 256 g/mol. The van der Waals surface area contributed by atoms with Crippen molar-refractivity contribution < 1.29 is 4.79 Å². The fraction of sp³-hybridized carbons (Fsp3) is 0.286. The Hall–Kier alpha value is -2.30. The number of amides is 1.